The van der Waals surface area contributed by atoms with E-state index in [4.69, 9.17) is 4.74 Å². The first-order chi connectivity index (χ1) is 11.2. The van der Waals surface area contributed by atoms with Gasteiger partial charge in [0.25, 0.3) is 0 Å². The summed E-state index contributed by atoms with van der Waals surface area (Å²) in [5, 5.41) is 0. The third-order valence-corrected chi connectivity index (χ3v) is 3.41. The van der Waals surface area contributed by atoms with Crippen LogP contribution < -0.4 is 0 Å². The van der Waals surface area contributed by atoms with Gasteiger partial charge in [0.1, 0.15) is 6.61 Å². The maximum atomic E-state index is 10.8. The number of carbonyl (C=O) groups is 1. The Hall–Kier alpha value is -2.39. The predicted octanol–water partition coefficient (Wildman–Crippen LogP) is 3.81. The molecule has 0 radical (unpaired) electrons. The number of carbonyl (C=O) groups excluding carboxylic acids is 1. The first-order valence-electron chi connectivity index (χ1n) is 7.82. The highest BCUT2D eigenvalue weighted by atomic mass is 16.5. The highest BCUT2D eigenvalue weighted by Gasteiger charge is 2.05. The minimum Gasteiger partial charge on any atom is -0.462 e. The van der Waals surface area contributed by atoms with Crippen molar-refractivity contribution in [1.82, 2.24) is 4.90 Å². The molecule has 3 nitrogen and oxygen atoms in total. The first kappa shape index (κ1) is 17.0. The third-order valence-electron chi connectivity index (χ3n) is 3.41. The van der Waals surface area contributed by atoms with Gasteiger partial charge in [0.05, 0.1) is 0 Å². The van der Waals surface area contributed by atoms with Crippen molar-refractivity contribution in [2.45, 2.75) is 20.0 Å². The molecule has 0 saturated heterocycles. The number of nitrogens with zero attached hydrogens (tertiary/aromatic N) is 1. The van der Waals surface area contributed by atoms with Gasteiger partial charge >= 0.3 is 5.97 Å². The maximum absolute atomic E-state index is 10.8. The molecule has 23 heavy (non-hydrogen) atoms. The Balaban J connectivity index is 1.94. The molecule has 0 aromatic heterocycles. The number of benzene rings is 2. The Labute approximate surface area is 138 Å². The van der Waals surface area contributed by atoms with Crippen molar-refractivity contribution in [1.29, 1.82) is 0 Å². The molecule has 0 saturated carbocycles. The molecule has 0 bridgehead atoms. The quantitative estimate of drug-likeness (QED) is 0.548. The molecular formula is C20H23NO2. The van der Waals surface area contributed by atoms with E-state index < -0.39 is 0 Å². The summed E-state index contributed by atoms with van der Waals surface area (Å²) in [4.78, 5) is 13.1. The fourth-order valence-corrected chi connectivity index (χ4v) is 2.33. The predicted molar refractivity (Wildman–Crippen MR) is 92.8 cm³/mol. The molecule has 2 aromatic carbocycles. The first-order valence-corrected chi connectivity index (χ1v) is 7.82. The smallest absolute Gasteiger partial charge is 0.302 e. The lowest BCUT2D eigenvalue weighted by Crippen LogP contribution is -2.23. The van der Waals surface area contributed by atoms with Gasteiger partial charge in [-0.1, -0.05) is 66.7 Å². The number of hydrogen-bond acceptors (Lipinski definition) is 3. The van der Waals surface area contributed by atoms with Crippen molar-refractivity contribution in [2.24, 2.45) is 0 Å². The van der Waals surface area contributed by atoms with Crippen molar-refractivity contribution in [2.75, 3.05) is 13.2 Å². The zero-order valence-electron chi connectivity index (χ0n) is 13.5. The average molecular weight is 309 g/mol. The van der Waals surface area contributed by atoms with Crippen molar-refractivity contribution < 1.29 is 9.53 Å². The molecule has 0 fully saturated rings. The third kappa shape index (κ3) is 6.94. The van der Waals surface area contributed by atoms with Crippen molar-refractivity contribution in [3.63, 3.8) is 0 Å². The molecule has 0 spiro atoms. The van der Waals surface area contributed by atoms with Gasteiger partial charge in [-0.15, -0.1) is 0 Å². The van der Waals surface area contributed by atoms with Crippen molar-refractivity contribution in [3.8, 4) is 0 Å². The summed E-state index contributed by atoms with van der Waals surface area (Å²) in [6, 6.07) is 20.9. The second kappa shape index (κ2) is 9.59. The molecule has 0 aliphatic heterocycles. The van der Waals surface area contributed by atoms with Gasteiger partial charge in [-0.3, -0.25) is 9.69 Å². The second-order valence-electron chi connectivity index (χ2n) is 5.41. The lowest BCUT2D eigenvalue weighted by Gasteiger charge is -2.21. The lowest BCUT2D eigenvalue weighted by molar-refractivity contribution is -0.139. The summed E-state index contributed by atoms with van der Waals surface area (Å²) in [6.45, 7) is 4.33. The lowest BCUT2D eigenvalue weighted by atomic mass is 10.1. The summed E-state index contributed by atoms with van der Waals surface area (Å²) in [7, 11) is 0. The summed E-state index contributed by atoms with van der Waals surface area (Å²) >= 11 is 0. The summed E-state index contributed by atoms with van der Waals surface area (Å²) in [5.41, 5.74) is 2.58. The van der Waals surface area contributed by atoms with Crippen LogP contribution in [0.3, 0.4) is 0 Å². The molecule has 0 aliphatic carbocycles. The van der Waals surface area contributed by atoms with Crippen molar-refractivity contribution in [3.05, 3.63) is 83.9 Å². The number of rotatable bonds is 8. The van der Waals surface area contributed by atoms with E-state index in [1.54, 1.807) is 0 Å². The highest BCUT2D eigenvalue weighted by Crippen LogP contribution is 2.10. The maximum Gasteiger partial charge on any atom is 0.302 e. The molecule has 0 amide bonds. The van der Waals surface area contributed by atoms with Crippen LogP contribution >= 0.6 is 0 Å². The number of hydrogen-bond donors (Lipinski definition) is 0. The largest absolute Gasteiger partial charge is 0.462 e. The van der Waals surface area contributed by atoms with E-state index in [1.165, 1.54) is 18.1 Å². The SMILES string of the molecule is CC(=O)OCC=CCN(Cc1ccccc1)Cc1ccccc1. The molecule has 120 valence electrons. The fourth-order valence-electron chi connectivity index (χ4n) is 2.33. The minimum atomic E-state index is -0.250. The topological polar surface area (TPSA) is 29.5 Å². The van der Waals surface area contributed by atoms with E-state index in [0.717, 1.165) is 19.6 Å². The summed E-state index contributed by atoms with van der Waals surface area (Å²) in [6.07, 6.45) is 3.94. The Kier molecular flexibility index (Phi) is 7.08. The Bertz CT molecular complexity index is 567. The minimum absolute atomic E-state index is 0.250. The molecular weight excluding hydrogens is 286 g/mol. The van der Waals surface area contributed by atoms with Crippen LogP contribution in [0, 0.1) is 0 Å². The van der Waals surface area contributed by atoms with Crippen LogP contribution in [0.1, 0.15) is 18.1 Å². The Morgan fingerprint density at radius 3 is 1.91 bits per heavy atom. The molecule has 0 aliphatic rings. The summed E-state index contributed by atoms with van der Waals surface area (Å²) in [5.74, 6) is -0.250. The molecule has 0 unspecified atom stereocenters. The molecule has 0 heterocycles. The molecule has 2 aromatic rings. The van der Waals surface area contributed by atoms with Gasteiger partial charge in [-0.05, 0) is 17.2 Å². The summed E-state index contributed by atoms with van der Waals surface area (Å²) < 4.78 is 4.92. The molecule has 3 heteroatoms. The van der Waals surface area contributed by atoms with Crippen LogP contribution in [-0.4, -0.2) is 24.0 Å². The number of ether oxygens (including phenoxy) is 1. The Morgan fingerprint density at radius 1 is 0.913 bits per heavy atom. The monoisotopic (exact) mass is 309 g/mol. The van der Waals surface area contributed by atoms with Gasteiger partial charge in [-0.2, -0.15) is 0 Å². The van der Waals surface area contributed by atoms with Crippen LogP contribution in [-0.2, 0) is 22.6 Å². The van der Waals surface area contributed by atoms with Gasteiger partial charge in [0, 0.05) is 26.6 Å². The van der Waals surface area contributed by atoms with Gasteiger partial charge in [-0.25, -0.2) is 0 Å². The number of esters is 1. The molecule has 2 rings (SSSR count). The van der Waals surface area contributed by atoms with E-state index in [-0.39, 0.29) is 5.97 Å². The van der Waals surface area contributed by atoms with Crippen LogP contribution in [0.25, 0.3) is 0 Å². The average Bonchev–Trinajstić information content (AvgIpc) is 2.56. The highest BCUT2D eigenvalue weighted by molar-refractivity contribution is 5.65. The van der Waals surface area contributed by atoms with Crippen LogP contribution in [0.15, 0.2) is 72.8 Å². The molecule has 0 N–H and O–H groups in total. The standard InChI is InChI=1S/C20H23NO2/c1-18(22)23-15-9-8-14-21(16-19-10-4-2-5-11-19)17-20-12-6-3-7-13-20/h2-13H,14-17H2,1H3. The van der Waals surface area contributed by atoms with Crippen LogP contribution in [0.4, 0.5) is 0 Å². The van der Waals surface area contributed by atoms with Gasteiger partial charge < -0.3 is 4.74 Å². The van der Waals surface area contributed by atoms with E-state index in [9.17, 15) is 4.79 Å². The van der Waals surface area contributed by atoms with Crippen LogP contribution in [0.5, 0.6) is 0 Å². The van der Waals surface area contributed by atoms with E-state index in [1.807, 2.05) is 18.2 Å². The molecule has 0 atom stereocenters. The fraction of sp³-hybridized carbons (Fsp3) is 0.250. The van der Waals surface area contributed by atoms with Gasteiger partial charge in [0.15, 0.2) is 0 Å². The van der Waals surface area contributed by atoms with E-state index in [0.29, 0.717) is 6.61 Å². The zero-order valence-corrected chi connectivity index (χ0v) is 13.5. The normalized spacial score (nSPS) is 11.0. The van der Waals surface area contributed by atoms with Crippen LogP contribution in [0.2, 0.25) is 0 Å². The van der Waals surface area contributed by atoms with Gasteiger partial charge in [0.2, 0.25) is 0 Å². The van der Waals surface area contributed by atoms with E-state index in [2.05, 4.69) is 59.5 Å². The Morgan fingerprint density at radius 2 is 1.43 bits per heavy atom. The van der Waals surface area contributed by atoms with E-state index >= 15 is 0 Å². The van der Waals surface area contributed by atoms with Crippen molar-refractivity contribution >= 4 is 5.97 Å². The zero-order chi connectivity index (χ0) is 16.3. The second-order valence-corrected chi connectivity index (χ2v) is 5.41.